The normalized spacial score (nSPS) is 11.5. The molecule has 0 aliphatic carbocycles. The number of ether oxygens (including phenoxy) is 2. The van der Waals surface area contributed by atoms with Crippen LogP contribution in [0.2, 0.25) is 0 Å². The second-order valence-electron chi connectivity index (χ2n) is 6.42. The molecule has 0 saturated heterocycles. The molecule has 0 aliphatic heterocycles. The van der Waals surface area contributed by atoms with E-state index >= 15 is 0 Å². The highest BCUT2D eigenvalue weighted by molar-refractivity contribution is 7.09. The van der Waals surface area contributed by atoms with Gasteiger partial charge in [-0.25, -0.2) is 0 Å². The van der Waals surface area contributed by atoms with Gasteiger partial charge < -0.3 is 14.8 Å². The molecule has 0 radical (unpaired) electrons. The van der Waals surface area contributed by atoms with E-state index in [1.54, 1.807) is 18.4 Å². The Balaban J connectivity index is 1.59. The molecule has 2 aromatic carbocycles. The molecular weight excluding hydrogens is 386 g/mol. The number of thiophene rings is 1. The lowest BCUT2D eigenvalue weighted by Gasteiger charge is -2.20. The number of amides is 1. The number of carbonyl (C=O) groups is 2. The van der Waals surface area contributed by atoms with Gasteiger partial charge >= 0.3 is 5.97 Å². The van der Waals surface area contributed by atoms with Crippen molar-refractivity contribution in [3.63, 3.8) is 0 Å². The lowest BCUT2D eigenvalue weighted by molar-refractivity contribution is -0.148. The van der Waals surface area contributed by atoms with Crippen LogP contribution >= 0.6 is 11.3 Å². The Morgan fingerprint density at radius 1 is 0.966 bits per heavy atom. The minimum Gasteiger partial charge on any atom is -0.497 e. The first-order valence-electron chi connectivity index (χ1n) is 9.32. The van der Waals surface area contributed by atoms with Crippen molar-refractivity contribution in [2.45, 2.75) is 18.9 Å². The van der Waals surface area contributed by atoms with Crippen LogP contribution in [0.5, 0.6) is 5.75 Å². The van der Waals surface area contributed by atoms with Crippen molar-refractivity contribution in [2.75, 3.05) is 13.7 Å². The highest BCUT2D eigenvalue weighted by atomic mass is 32.1. The highest BCUT2D eigenvalue weighted by Gasteiger charge is 2.18. The lowest BCUT2D eigenvalue weighted by atomic mass is 9.98. The van der Waals surface area contributed by atoms with Crippen LogP contribution < -0.4 is 10.1 Å². The van der Waals surface area contributed by atoms with Gasteiger partial charge in [-0.15, -0.1) is 11.3 Å². The van der Waals surface area contributed by atoms with E-state index in [4.69, 9.17) is 9.47 Å². The van der Waals surface area contributed by atoms with Crippen LogP contribution in [0.3, 0.4) is 0 Å². The van der Waals surface area contributed by atoms with E-state index in [1.165, 1.54) is 0 Å². The third kappa shape index (κ3) is 6.19. The summed E-state index contributed by atoms with van der Waals surface area (Å²) in [6, 6.07) is 20.7. The topological polar surface area (TPSA) is 64.6 Å². The van der Waals surface area contributed by atoms with Gasteiger partial charge in [0, 0.05) is 4.88 Å². The molecular formula is C23H23NO4S. The fourth-order valence-electron chi connectivity index (χ4n) is 2.90. The summed E-state index contributed by atoms with van der Waals surface area (Å²) in [6.45, 7) is -0.303. The maximum Gasteiger partial charge on any atom is 0.306 e. The molecule has 6 heteroatoms. The predicted molar refractivity (Wildman–Crippen MR) is 113 cm³/mol. The zero-order valence-corrected chi connectivity index (χ0v) is 17.0. The largest absolute Gasteiger partial charge is 0.497 e. The van der Waals surface area contributed by atoms with Crippen LogP contribution in [-0.4, -0.2) is 25.6 Å². The van der Waals surface area contributed by atoms with Gasteiger partial charge in [-0.05, 0) is 41.1 Å². The number of hydrogen-bond donors (Lipinski definition) is 1. The molecule has 0 unspecified atom stereocenters. The third-order valence-corrected chi connectivity index (χ3v) is 5.34. The molecule has 0 saturated carbocycles. The summed E-state index contributed by atoms with van der Waals surface area (Å²) < 4.78 is 10.4. The first-order chi connectivity index (χ1) is 14.2. The molecule has 150 valence electrons. The summed E-state index contributed by atoms with van der Waals surface area (Å²) in [6.07, 6.45) is 0.880. The number of benzene rings is 2. The second kappa shape index (κ2) is 10.4. The minimum atomic E-state index is -0.380. The second-order valence-corrected chi connectivity index (χ2v) is 7.46. The van der Waals surface area contributed by atoms with Crippen molar-refractivity contribution in [2.24, 2.45) is 0 Å². The van der Waals surface area contributed by atoms with Crippen LogP contribution in [-0.2, 0) is 20.7 Å². The van der Waals surface area contributed by atoms with Gasteiger partial charge in [-0.1, -0.05) is 48.5 Å². The van der Waals surface area contributed by atoms with Gasteiger partial charge in [0.2, 0.25) is 0 Å². The fraction of sp³-hybridized carbons (Fsp3) is 0.217. The SMILES string of the molecule is COc1ccc([C@H](NC(=O)COC(=O)CCc2cccs2)c2ccccc2)cc1. The van der Waals surface area contributed by atoms with Crippen molar-refractivity contribution < 1.29 is 19.1 Å². The Morgan fingerprint density at radius 2 is 1.69 bits per heavy atom. The quantitative estimate of drug-likeness (QED) is 0.540. The Hall–Kier alpha value is -3.12. The molecule has 3 rings (SSSR count). The summed E-state index contributed by atoms with van der Waals surface area (Å²) in [5, 5.41) is 4.93. The van der Waals surface area contributed by atoms with Gasteiger partial charge in [0.25, 0.3) is 5.91 Å². The maximum atomic E-state index is 12.4. The number of carbonyl (C=O) groups excluding carboxylic acids is 2. The molecule has 5 nitrogen and oxygen atoms in total. The Kier molecular flexibility index (Phi) is 7.41. The third-order valence-electron chi connectivity index (χ3n) is 4.41. The van der Waals surface area contributed by atoms with E-state index < -0.39 is 0 Å². The van der Waals surface area contributed by atoms with Crippen LogP contribution in [0.25, 0.3) is 0 Å². The molecule has 0 aliphatic rings. The van der Waals surface area contributed by atoms with Crippen molar-refractivity contribution in [1.82, 2.24) is 5.32 Å². The zero-order chi connectivity index (χ0) is 20.5. The van der Waals surface area contributed by atoms with Crippen molar-refractivity contribution >= 4 is 23.2 Å². The highest BCUT2D eigenvalue weighted by Crippen LogP contribution is 2.24. The standard InChI is InChI=1S/C23H23NO4S/c1-27-19-11-9-18(10-12-19)23(17-6-3-2-4-7-17)24-21(25)16-28-22(26)14-13-20-8-5-15-29-20/h2-12,15,23H,13-14,16H2,1H3,(H,24,25)/t23-/m1/s1. The number of rotatable bonds is 9. The fourth-order valence-corrected chi connectivity index (χ4v) is 3.61. The smallest absolute Gasteiger partial charge is 0.306 e. The van der Waals surface area contributed by atoms with Gasteiger partial charge in [0.05, 0.1) is 19.6 Å². The predicted octanol–water partition coefficient (Wildman–Crippen LogP) is 4.14. The molecule has 1 aromatic heterocycles. The number of methoxy groups -OCH3 is 1. The van der Waals surface area contributed by atoms with E-state index in [2.05, 4.69) is 5.32 Å². The summed E-state index contributed by atoms with van der Waals surface area (Å²) >= 11 is 1.60. The van der Waals surface area contributed by atoms with Crippen LogP contribution in [0.4, 0.5) is 0 Å². The number of nitrogens with one attached hydrogen (secondary N) is 1. The van der Waals surface area contributed by atoms with E-state index in [0.29, 0.717) is 6.42 Å². The summed E-state index contributed by atoms with van der Waals surface area (Å²) in [5.41, 5.74) is 1.85. The lowest BCUT2D eigenvalue weighted by Crippen LogP contribution is -2.33. The van der Waals surface area contributed by atoms with Crippen LogP contribution in [0.1, 0.15) is 28.5 Å². The Bertz CT molecular complexity index is 908. The molecule has 1 heterocycles. The number of aryl methyl sites for hydroxylation is 1. The molecule has 0 spiro atoms. The van der Waals surface area contributed by atoms with E-state index in [9.17, 15) is 9.59 Å². The first-order valence-corrected chi connectivity index (χ1v) is 10.2. The number of hydrogen-bond acceptors (Lipinski definition) is 5. The van der Waals surface area contributed by atoms with Crippen molar-refractivity contribution in [3.8, 4) is 5.75 Å². The monoisotopic (exact) mass is 409 g/mol. The molecule has 1 amide bonds. The number of esters is 1. The Morgan fingerprint density at radius 3 is 2.34 bits per heavy atom. The molecule has 0 fully saturated rings. The molecule has 1 atom stereocenters. The average molecular weight is 410 g/mol. The van der Waals surface area contributed by atoms with Crippen LogP contribution in [0.15, 0.2) is 72.1 Å². The van der Waals surface area contributed by atoms with Gasteiger partial charge in [-0.2, -0.15) is 0 Å². The Labute approximate surface area is 174 Å². The van der Waals surface area contributed by atoms with E-state index in [-0.39, 0.29) is 30.9 Å². The van der Waals surface area contributed by atoms with Crippen LogP contribution in [0, 0.1) is 0 Å². The summed E-state index contributed by atoms with van der Waals surface area (Å²) in [5.74, 6) is 0.0139. The van der Waals surface area contributed by atoms with Crippen molar-refractivity contribution in [3.05, 3.63) is 88.1 Å². The van der Waals surface area contributed by atoms with Crippen molar-refractivity contribution in [1.29, 1.82) is 0 Å². The maximum absolute atomic E-state index is 12.4. The van der Waals surface area contributed by atoms with E-state index in [0.717, 1.165) is 21.8 Å². The molecule has 0 bridgehead atoms. The minimum absolute atomic E-state index is 0.258. The molecule has 3 aromatic rings. The first kappa shape index (κ1) is 20.6. The van der Waals surface area contributed by atoms with E-state index in [1.807, 2.05) is 72.1 Å². The molecule has 29 heavy (non-hydrogen) atoms. The molecule has 1 N–H and O–H groups in total. The average Bonchev–Trinajstić information content (AvgIpc) is 3.29. The zero-order valence-electron chi connectivity index (χ0n) is 16.2. The summed E-state index contributed by atoms with van der Waals surface area (Å²) in [7, 11) is 1.61. The summed E-state index contributed by atoms with van der Waals surface area (Å²) in [4.78, 5) is 25.5. The van der Waals surface area contributed by atoms with Gasteiger partial charge in [0.15, 0.2) is 6.61 Å². The van der Waals surface area contributed by atoms with Gasteiger partial charge in [-0.3, -0.25) is 9.59 Å². The van der Waals surface area contributed by atoms with Gasteiger partial charge in [0.1, 0.15) is 5.75 Å².